The number of hydrogen-bond acceptors (Lipinski definition) is 2. The molecule has 2 bridgehead atoms. The number of benzene rings is 1. The van der Waals surface area contributed by atoms with Crippen molar-refractivity contribution < 1.29 is 9.84 Å². The summed E-state index contributed by atoms with van der Waals surface area (Å²) >= 11 is 0. The Balaban J connectivity index is 2.10. The summed E-state index contributed by atoms with van der Waals surface area (Å²) in [5.74, 6) is 1.48. The standard InChI is InChI=1S/C17H24O2/c1-15(2)13-9-10-16(3,11-13)17(15,18)12-5-7-14(19-4)8-6-12/h5-8,13,18H,9-11H2,1-4H3/t13-,16+,17-/m0/s1. The van der Waals surface area contributed by atoms with E-state index in [-0.39, 0.29) is 10.8 Å². The van der Waals surface area contributed by atoms with Gasteiger partial charge in [0.05, 0.1) is 7.11 Å². The highest BCUT2D eigenvalue weighted by Crippen LogP contribution is 2.71. The molecule has 0 unspecified atom stereocenters. The number of fused-ring (bicyclic) bond motifs is 2. The first-order valence-electron chi connectivity index (χ1n) is 7.22. The van der Waals surface area contributed by atoms with Crippen molar-refractivity contribution in [3.8, 4) is 5.75 Å². The molecule has 1 aromatic carbocycles. The molecule has 0 radical (unpaired) electrons. The predicted molar refractivity (Wildman–Crippen MR) is 76.1 cm³/mol. The van der Waals surface area contributed by atoms with Crippen molar-refractivity contribution >= 4 is 0 Å². The van der Waals surface area contributed by atoms with E-state index in [0.29, 0.717) is 5.92 Å². The van der Waals surface area contributed by atoms with Crippen molar-refractivity contribution in [3.05, 3.63) is 29.8 Å². The Labute approximate surface area is 115 Å². The van der Waals surface area contributed by atoms with E-state index in [1.165, 1.54) is 6.42 Å². The Hall–Kier alpha value is -1.02. The van der Waals surface area contributed by atoms with Crippen molar-refractivity contribution in [2.45, 2.75) is 45.6 Å². The molecule has 1 aromatic rings. The van der Waals surface area contributed by atoms with Crippen LogP contribution < -0.4 is 4.74 Å². The highest BCUT2D eigenvalue weighted by atomic mass is 16.5. The summed E-state index contributed by atoms with van der Waals surface area (Å²) in [6.45, 7) is 6.71. The van der Waals surface area contributed by atoms with Gasteiger partial charge in [-0.1, -0.05) is 32.9 Å². The third kappa shape index (κ3) is 1.41. The molecule has 2 heteroatoms. The normalized spacial score (nSPS) is 39.5. The third-order valence-electron chi connectivity index (χ3n) is 6.08. The summed E-state index contributed by atoms with van der Waals surface area (Å²) < 4.78 is 5.22. The van der Waals surface area contributed by atoms with Gasteiger partial charge in [0, 0.05) is 10.8 Å². The minimum atomic E-state index is -0.727. The average Bonchev–Trinajstić information content (AvgIpc) is 2.87. The second-order valence-electron chi connectivity index (χ2n) is 7.16. The molecule has 2 nitrogen and oxygen atoms in total. The van der Waals surface area contributed by atoms with Crippen LogP contribution in [0.4, 0.5) is 0 Å². The fourth-order valence-electron chi connectivity index (χ4n) is 4.81. The van der Waals surface area contributed by atoms with Crippen LogP contribution in [-0.4, -0.2) is 12.2 Å². The van der Waals surface area contributed by atoms with Gasteiger partial charge >= 0.3 is 0 Å². The number of methoxy groups -OCH3 is 1. The van der Waals surface area contributed by atoms with E-state index in [1.807, 2.05) is 24.3 Å². The van der Waals surface area contributed by atoms with Crippen LogP contribution in [0.15, 0.2) is 24.3 Å². The summed E-state index contributed by atoms with van der Waals surface area (Å²) in [4.78, 5) is 0. The maximum Gasteiger partial charge on any atom is 0.118 e. The molecule has 0 saturated heterocycles. The molecule has 3 rings (SSSR count). The maximum atomic E-state index is 11.6. The second kappa shape index (κ2) is 3.76. The largest absolute Gasteiger partial charge is 0.497 e. The first kappa shape index (κ1) is 13.0. The quantitative estimate of drug-likeness (QED) is 0.878. The van der Waals surface area contributed by atoms with Crippen LogP contribution in [0.3, 0.4) is 0 Å². The van der Waals surface area contributed by atoms with E-state index in [2.05, 4.69) is 20.8 Å². The molecule has 0 aromatic heterocycles. The van der Waals surface area contributed by atoms with Crippen LogP contribution in [0.2, 0.25) is 0 Å². The topological polar surface area (TPSA) is 29.5 Å². The summed E-state index contributed by atoms with van der Waals surface area (Å²) in [7, 11) is 1.67. The molecule has 104 valence electrons. The predicted octanol–water partition coefficient (Wildman–Crippen LogP) is 3.73. The van der Waals surface area contributed by atoms with Crippen LogP contribution in [0.1, 0.15) is 45.6 Å². The average molecular weight is 260 g/mol. The van der Waals surface area contributed by atoms with Gasteiger partial charge in [-0.3, -0.25) is 0 Å². The number of aliphatic hydroxyl groups is 1. The van der Waals surface area contributed by atoms with E-state index in [0.717, 1.165) is 24.2 Å². The fourth-order valence-corrected chi connectivity index (χ4v) is 4.81. The van der Waals surface area contributed by atoms with Gasteiger partial charge in [0.25, 0.3) is 0 Å². The third-order valence-corrected chi connectivity index (χ3v) is 6.08. The van der Waals surface area contributed by atoms with E-state index in [4.69, 9.17) is 4.74 Å². The van der Waals surface area contributed by atoms with Gasteiger partial charge in [-0.15, -0.1) is 0 Å². The van der Waals surface area contributed by atoms with Gasteiger partial charge < -0.3 is 9.84 Å². The highest BCUT2D eigenvalue weighted by molar-refractivity contribution is 5.37. The first-order valence-corrected chi connectivity index (χ1v) is 7.22. The van der Waals surface area contributed by atoms with E-state index >= 15 is 0 Å². The van der Waals surface area contributed by atoms with Gasteiger partial charge in [-0.25, -0.2) is 0 Å². The summed E-state index contributed by atoms with van der Waals surface area (Å²) in [6, 6.07) is 7.98. The van der Waals surface area contributed by atoms with Crippen molar-refractivity contribution in [3.63, 3.8) is 0 Å². The minimum Gasteiger partial charge on any atom is -0.497 e. The SMILES string of the molecule is COc1ccc([C@]2(O)C(C)(C)[C@H]3CC[C@]2(C)C3)cc1. The van der Waals surface area contributed by atoms with Crippen LogP contribution in [0.25, 0.3) is 0 Å². The Morgan fingerprint density at radius 1 is 1.16 bits per heavy atom. The molecule has 0 amide bonds. The zero-order valence-electron chi connectivity index (χ0n) is 12.4. The summed E-state index contributed by atoms with van der Waals surface area (Å²) in [5.41, 5.74) is 0.266. The van der Waals surface area contributed by atoms with Crippen molar-refractivity contribution in [2.75, 3.05) is 7.11 Å². The molecule has 1 N–H and O–H groups in total. The number of hydrogen-bond donors (Lipinski definition) is 1. The number of ether oxygens (including phenoxy) is 1. The number of rotatable bonds is 2. The molecule has 2 aliphatic rings. The van der Waals surface area contributed by atoms with Crippen LogP contribution in [0, 0.1) is 16.7 Å². The summed E-state index contributed by atoms with van der Waals surface area (Å²) in [5, 5.41) is 11.6. The Bertz CT molecular complexity index is 484. The molecular formula is C17H24O2. The molecular weight excluding hydrogens is 236 g/mol. The van der Waals surface area contributed by atoms with Crippen LogP contribution in [0.5, 0.6) is 5.75 Å². The van der Waals surface area contributed by atoms with E-state index in [1.54, 1.807) is 7.11 Å². The van der Waals surface area contributed by atoms with Gasteiger partial charge in [0.2, 0.25) is 0 Å². The Kier molecular flexibility index (Phi) is 2.57. The van der Waals surface area contributed by atoms with Gasteiger partial charge in [0.1, 0.15) is 11.4 Å². The van der Waals surface area contributed by atoms with E-state index in [9.17, 15) is 5.11 Å². The van der Waals surface area contributed by atoms with Crippen molar-refractivity contribution in [1.29, 1.82) is 0 Å². The monoisotopic (exact) mass is 260 g/mol. The van der Waals surface area contributed by atoms with Gasteiger partial charge in [-0.2, -0.15) is 0 Å². The van der Waals surface area contributed by atoms with E-state index < -0.39 is 5.60 Å². The molecule has 0 heterocycles. The van der Waals surface area contributed by atoms with Crippen molar-refractivity contribution in [1.82, 2.24) is 0 Å². The Morgan fingerprint density at radius 3 is 2.26 bits per heavy atom. The molecule has 2 saturated carbocycles. The lowest BCUT2D eigenvalue weighted by atomic mass is 9.58. The second-order valence-corrected chi connectivity index (χ2v) is 7.16. The smallest absolute Gasteiger partial charge is 0.118 e. The van der Waals surface area contributed by atoms with Crippen LogP contribution >= 0.6 is 0 Å². The molecule has 0 aliphatic heterocycles. The van der Waals surface area contributed by atoms with Gasteiger partial charge in [-0.05, 0) is 42.9 Å². The Morgan fingerprint density at radius 2 is 1.79 bits per heavy atom. The van der Waals surface area contributed by atoms with Crippen molar-refractivity contribution in [2.24, 2.45) is 16.7 Å². The van der Waals surface area contributed by atoms with Gasteiger partial charge in [0.15, 0.2) is 0 Å². The fraction of sp³-hybridized carbons (Fsp3) is 0.647. The molecule has 19 heavy (non-hydrogen) atoms. The zero-order chi connectivity index (χ0) is 13.9. The van der Waals surface area contributed by atoms with Crippen LogP contribution in [-0.2, 0) is 5.60 Å². The molecule has 3 atom stereocenters. The highest BCUT2D eigenvalue weighted by Gasteiger charge is 2.68. The lowest BCUT2D eigenvalue weighted by Gasteiger charge is -2.51. The minimum absolute atomic E-state index is 0.00968. The molecule has 2 fully saturated rings. The molecule has 2 aliphatic carbocycles. The lowest BCUT2D eigenvalue weighted by molar-refractivity contribution is -0.150. The maximum absolute atomic E-state index is 11.6. The first-order chi connectivity index (χ1) is 8.85. The lowest BCUT2D eigenvalue weighted by Crippen LogP contribution is -2.51. The zero-order valence-corrected chi connectivity index (χ0v) is 12.4. The molecule has 0 spiro atoms. The summed E-state index contributed by atoms with van der Waals surface area (Å²) in [6.07, 6.45) is 3.52.